The second-order valence-electron chi connectivity index (χ2n) is 3.22. The van der Waals surface area contributed by atoms with Gasteiger partial charge in [0.25, 0.3) is 5.91 Å². The normalized spacial score (nSPS) is 12.1. The van der Waals surface area contributed by atoms with Gasteiger partial charge in [0.2, 0.25) is 0 Å². The van der Waals surface area contributed by atoms with Crippen LogP contribution in [-0.4, -0.2) is 17.6 Å². The summed E-state index contributed by atoms with van der Waals surface area (Å²) in [6.45, 7) is 1.70. The van der Waals surface area contributed by atoms with Gasteiger partial charge < -0.3 is 15.6 Å². The van der Waals surface area contributed by atoms with Crippen LogP contribution in [0.1, 0.15) is 25.0 Å². The summed E-state index contributed by atoms with van der Waals surface area (Å²) in [6, 6.07) is 7.06. The van der Waals surface area contributed by atoms with Gasteiger partial charge in [0, 0.05) is 5.56 Å². The number of rotatable bonds is 5. The predicted octanol–water partition coefficient (Wildman–Crippen LogP) is 0.994. The Labute approximate surface area is 88.7 Å². The van der Waals surface area contributed by atoms with Gasteiger partial charge in [0.05, 0.1) is 6.10 Å². The summed E-state index contributed by atoms with van der Waals surface area (Å²) in [7, 11) is 0. The fourth-order valence-electron chi connectivity index (χ4n) is 1.26. The van der Waals surface area contributed by atoms with E-state index in [1.807, 2.05) is 13.0 Å². The van der Waals surface area contributed by atoms with E-state index in [2.05, 4.69) is 0 Å². The molecule has 82 valence electrons. The minimum absolute atomic E-state index is 0.173. The van der Waals surface area contributed by atoms with E-state index in [0.29, 0.717) is 17.7 Å². The van der Waals surface area contributed by atoms with Crippen molar-refractivity contribution in [2.45, 2.75) is 19.4 Å². The molecule has 0 aliphatic heterocycles. The Morgan fingerprint density at radius 2 is 2.20 bits per heavy atom. The number of ether oxygens (including phenoxy) is 1. The lowest BCUT2D eigenvalue weighted by atomic mass is 10.1. The van der Waals surface area contributed by atoms with Gasteiger partial charge in [-0.15, -0.1) is 0 Å². The Morgan fingerprint density at radius 1 is 1.53 bits per heavy atom. The highest BCUT2D eigenvalue weighted by atomic mass is 16.5. The third-order valence-corrected chi connectivity index (χ3v) is 2.03. The van der Waals surface area contributed by atoms with Gasteiger partial charge in [0.1, 0.15) is 5.75 Å². The molecule has 1 rings (SSSR count). The Morgan fingerprint density at radius 3 is 2.80 bits per heavy atom. The highest BCUT2D eigenvalue weighted by molar-refractivity contribution is 5.75. The first-order chi connectivity index (χ1) is 7.15. The molecule has 0 aliphatic rings. The predicted molar refractivity (Wildman–Crippen MR) is 56.4 cm³/mol. The van der Waals surface area contributed by atoms with Crippen LogP contribution in [0.3, 0.4) is 0 Å². The van der Waals surface area contributed by atoms with Crippen LogP contribution in [-0.2, 0) is 4.79 Å². The lowest BCUT2D eigenvalue weighted by Gasteiger charge is -2.13. The quantitative estimate of drug-likeness (QED) is 0.759. The highest BCUT2D eigenvalue weighted by Gasteiger charge is 2.11. The SMILES string of the molecule is CCC(O)c1ccccc1OCC(N)=O. The summed E-state index contributed by atoms with van der Waals surface area (Å²) in [5.74, 6) is -0.0264. The fraction of sp³-hybridized carbons (Fsp3) is 0.364. The number of aliphatic hydroxyl groups excluding tert-OH is 1. The van der Waals surface area contributed by atoms with E-state index < -0.39 is 12.0 Å². The Balaban J connectivity index is 2.81. The summed E-state index contributed by atoms with van der Waals surface area (Å²) >= 11 is 0. The molecule has 0 spiro atoms. The molecule has 1 aromatic rings. The maximum atomic E-state index is 10.6. The van der Waals surface area contributed by atoms with Gasteiger partial charge in [-0.3, -0.25) is 4.79 Å². The third kappa shape index (κ3) is 3.25. The van der Waals surface area contributed by atoms with Gasteiger partial charge in [-0.05, 0) is 12.5 Å². The zero-order valence-corrected chi connectivity index (χ0v) is 8.64. The summed E-state index contributed by atoms with van der Waals surface area (Å²) in [5.41, 5.74) is 5.65. The smallest absolute Gasteiger partial charge is 0.255 e. The Bertz CT molecular complexity index is 338. The van der Waals surface area contributed by atoms with Crippen molar-refractivity contribution in [1.29, 1.82) is 0 Å². The number of aliphatic hydroxyl groups is 1. The standard InChI is InChI=1S/C11H15NO3/c1-2-9(13)8-5-3-4-6-10(8)15-7-11(12)14/h3-6,9,13H,2,7H2,1H3,(H2,12,14). The molecule has 0 aromatic heterocycles. The molecule has 0 fully saturated rings. The van der Waals surface area contributed by atoms with Crippen LogP contribution in [0.15, 0.2) is 24.3 Å². The largest absolute Gasteiger partial charge is 0.483 e. The number of benzene rings is 1. The summed E-state index contributed by atoms with van der Waals surface area (Å²) < 4.78 is 5.19. The van der Waals surface area contributed by atoms with Crippen molar-refractivity contribution in [1.82, 2.24) is 0 Å². The van der Waals surface area contributed by atoms with Crippen molar-refractivity contribution in [2.75, 3.05) is 6.61 Å². The molecule has 0 saturated heterocycles. The summed E-state index contributed by atoms with van der Waals surface area (Å²) in [6.07, 6.45) is 0.0193. The second kappa shape index (κ2) is 5.36. The first-order valence-electron chi connectivity index (χ1n) is 4.83. The van der Waals surface area contributed by atoms with Crippen LogP contribution in [0, 0.1) is 0 Å². The second-order valence-corrected chi connectivity index (χ2v) is 3.22. The molecular formula is C11H15NO3. The summed E-state index contributed by atoms with van der Waals surface area (Å²) in [4.78, 5) is 10.6. The number of carbonyl (C=O) groups is 1. The molecule has 3 N–H and O–H groups in total. The first kappa shape index (κ1) is 11.5. The molecule has 0 heterocycles. The van der Waals surface area contributed by atoms with Crippen molar-refractivity contribution < 1.29 is 14.6 Å². The van der Waals surface area contributed by atoms with E-state index in [1.165, 1.54) is 0 Å². The Kier molecular flexibility index (Phi) is 4.12. The molecule has 0 aliphatic carbocycles. The molecule has 1 amide bonds. The number of nitrogens with two attached hydrogens (primary N) is 1. The number of para-hydroxylation sites is 1. The van der Waals surface area contributed by atoms with Crippen molar-refractivity contribution in [3.05, 3.63) is 29.8 Å². The molecule has 1 aromatic carbocycles. The van der Waals surface area contributed by atoms with Crippen LogP contribution in [0.2, 0.25) is 0 Å². The average molecular weight is 209 g/mol. The minimum Gasteiger partial charge on any atom is -0.483 e. The fourth-order valence-corrected chi connectivity index (χ4v) is 1.26. The van der Waals surface area contributed by atoms with Crippen molar-refractivity contribution >= 4 is 5.91 Å². The lowest BCUT2D eigenvalue weighted by Crippen LogP contribution is -2.20. The van der Waals surface area contributed by atoms with Gasteiger partial charge in [-0.2, -0.15) is 0 Å². The molecular weight excluding hydrogens is 194 g/mol. The average Bonchev–Trinajstić information content (AvgIpc) is 2.25. The zero-order chi connectivity index (χ0) is 11.3. The number of hydrogen-bond donors (Lipinski definition) is 2. The van der Waals surface area contributed by atoms with Crippen molar-refractivity contribution in [2.24, 2.45) is 5.73 Å². The van der Waals surface area contributed by atoms with Gasteiger partial charge >= 0.3 is 0 Å². The monoisotopic (exact) mass is 209 g/mol. The third-order valence-electron chi connectivity index (χ3n) is 2.03. The highest BCUT2D eigenvalue weighted by Crippen LogP contribution is 2.26. The molecule has 4 nitrogen and oxygen atoms in total. The lowest BCUT2D eigenvalue weighted by molar-refractivity contribution is -0.120. The van der Waals surface area contributed by atoms with Crippen LogP contribution in [0.4, 0.5) is 0 Å². The van der Waals surface area contributed by atoms with E-state index in [1.54, 1.807) is 18.2 Å². The molecule has 1 atom stereocenters. The van der Waals surface area contributed by atoms with Crippen LogP contribution in [0.25, 0.3) is 0 Å². The van der Waals surface area contributed by atoms with E-state index in [4.69, 9.17) is 10.5 Å². The topological polar surface area (TPSA) is 72.6 Å². The number of carbonyl (C=O) groups excluding carboxylic acids is 1. The van der Waals surface area contributed by atoms with Gasteiger partial charge in [-0.1, -0.05) is 25.1 Å². The van der Waals surface area contributed by atoms with E-state index >= 15 is 0 Å². The first-order valence-corrected chi connectivity index (χ1v) is 4.83. The van der Waals surface area contributed by atoms with E-state index in [-0.39, 0.29) is 6.61 Å². The zero-order valence-electron chi connectivity index (χ0n) is 8.64. The molecule has 4 heteroatoms. The maximum Gasteiger partial charge on any atom is 0.255 e. The number of amides is 1. The van der Waals surface area contributed by atoms with Gasteiger partial charge in [0.15, 0.2) is 6.61 Å². The van der Waals surface area contributed by atoms with Crippen LogP contribution >= 0.6 is 0 Å². The summed E-state index contributed by atoms with van der Waals surface area (Å²) in [5, 5.41) is 9.68. The number of primary amides is 1. The van der Waals surface area contributed by atoms with Crippen LogP contribution < -0.4 is 10.5 Å². The molecule has 1 unspecified atom stereocenters. The van der Waals surface area contributed by atoms with E-state index in [0.717, 1.165) is 0 Å². The molecule has 0 saturated carbocycles. The molecule has 15 heavy (non-hydrogen) atoms. The van der Waals surface area contributed by atoms with Gasteiger partial charge in [-0.25, -0.2) is 0 Å². The van der Waals surface area contributed by atoms with Crippen LogP contribution in [0.5, 0.6) is 5.75 Å². The minimum atomic E-state index is -0.575. The van der Waals surface area contributed by atoms with E-state index in [9.17, 15) is 9.90 Å². The number of hydrogen-bond acceptors (Lipinski definition) is 3. The van der Waals surface area contributed by atoms with Crippen molar-refractivity contribution in [3.63, 3.8) is 0 Å². The Hall–Kier alpha value is -1.55. The molecule has 0 bridgehead atoms. The van der Waals surface area contributed by atoms with Crippen molar-refractivity contribution in [3.8, 4) is 5.75 Å². The molecule has 0 radical (unpaired) electrons. The maximum absolute atomic E-state index is 10.6.